The zero-order valence-corrected chi connectivity index (χ0v) is 12.2. The third kappa shape index (κ3) is 5.06. The van der Waals surface area contributed by atoms with E-state index in [1.54, 1.807) is 16.8 Å². The number of nitrogens with zero attached hydrogens (tertiary/aromatic N) is 2. The number of carboxylic acids is 1. The molecule has 110 valence electrons. The SMILES string of the molecule is CC1CN(C(=O)N(C)CCCC(=O)O)CC(C)(C)O1. The van der Waals surface area contributed by atoms with Gasteiger partial charge in [-0.25, -0.2) is 4.79 Å². The van der Waals surface area contributed by atoms with E-state index in [9.17, 15) is 9.59 Å². The van der Waals surface area contributed by atoms with Crippen molar-refractivity contribution in [1.82, 2.24) is 9.80 Å². The second kappa shape index (κ2) is 6.23. The smallest absolute Gasteiger partial charge is 0.319 e. The Morgan fingerprint density at radius 1 is 1.47 bits per heavy atom. The van der Waals surface area contributed by atoms with Crippen molar-refractivity contribution < 1.29 is 19.4 Å². The topological polar surface area (TPSA) is 70.1 Å². The predicted octanol–water partition coefficient (Wildman–Crippen LogP) is 1.40. The lowest BCUT2D eigenvalue weighted by atomic mass is 10.1. The second-order valence-corrected chi connectivity index (χ2v) is 5.77. The van der Waals surface area contributed by atoms with Crippen LogP contribution in [-0.4, -0.2) is 65.3 Å². The number of amides is 2. The van der Waals surface area contributed by atoms with Crippen LogP contribution < -0.4 is 0 Å². The van der Waals surface area contributed by atoms with Gasteiger partial charge in [0.15, 0.2) is 0 Å². The minimum Gasteiger partial charge on any atom is -0.481 e. The van der Waals surface area contributed by atoms with Crippen molar-refractivity contribution in [2.45, 2.75) is 45.3 Å². The van der Waals surface area contributed by atoms with Crippen molar-refractivity contribution in [2.75, 3.05) is 26.7 Å². The highest BCUT2D eigenvalue weighted by Crippen LogP contribution is 2.21. The number of morpholine rings is 1. The van der Waals surface area contributed by atoms with Crippen molar-refractivity contribution in [2.24, 2.45) is 0 Å². The molecule has 0 aromatic rings. The molecule has 1 unspecified atom stereocenters. The Balaban J connectivity index is 2.49. The van der Waals surface area contributed by atoms with Gasteiger partial charge in [0.1, 0.15) is 0 Å². The number of carbonyl (C=O) groups excluding carboxylic acids is 1. The van der Waals surface area contributed by atoms with E-state index >= 15 is 0 Å². The number of ether oxygens (including phenoxy) is 1. The normalized spacial score (nSPS) is 22.1. The van der Waals surface area contributed by atoms with Crippen molar-refractivity contribution in [3.05, 3.63) is 0 Å². The summed E-state index contributed by atoms with van der Waals surface area (Å²) < 4.78 is 5.76. The molecule has 1 fully saturated rings. The van der Waals surface area contributed by atoms with E-state index in [4.69, 9.17) is 9.84 Å². The number of aliphatic carboxylic acids is 1. The van der Waals surface area contributed by atoms with Crippen LogP contribution in [0, 0.1) is 0 Å². The Bertz CT molecular complexity index is 344. The molecule has 0 aliphatic carbocycles. The first-order valence-electron chi connectivity index (χ1n) is 6.61. The Kier molecular flexibility index (Phi) is 5.17. The van der Waals surface area contributed by atoms with Gasteiger partial charge in [-0.1, -0.05) is 0 Å². The molecule has 6 nitrogen and oxygen atoms in total. The van der Waals surface area contributed by atoms with Crippen molar-refractivity contribution in [1.29, 1.82) is 0 Å². The summed E-state index contributed by atoms with van der Waals surface area (Å²) >= 11 is 0. The van der Waals surface area contributed by atoms with Gasteiger partial charge in [0.2, 0.25) is 0 Å². The molecule has 0 aromatic carbocycles. The first-order valence-corrected chi connectivity index (χ1v) is 6.61. The van der Waals surface area contributed by atoms with Crippen LogP contribution in [0.4, 0.5) is 4.79 Å². The largest absolute Gasteiger partial charge is 0.481 e. The van der Waals surface area contributed by atoms with E-state index < -0.39 is 5.97 Å². The maximum Gasteiger partial charge on any atom is 0.319 e. The lowest BCUT2D eigenvalue weighted by molar-refractivity contribution is -0.137. The van der Waals surface area contributed by atoms with Crippen LogP contribution >= 0.6 is 0 Å². The molecule has 0 radical (unpaired) electrons. The van der Waals surface area contributed by atoms with Crippen LogP contribution in [0.1, 0.15) is 33.6 Å². The Labute approximate surface area is 114 Å². The molecule has 0 spiro atoms. The lowest BCUT2D eigenvalue weighted by Gasteiger charge is -2.42. The average Bonchev–Trinajstić information content (AvgIpc) is 2.24. The fourth-order valence-corrected chi connectivity index (χ4v) is 2.40. The number of carboxylic acid groups (broad SMARTS) is 1. The number of hydrogen-bond acceptors (Lipinski definition) is 3. The Morgan fingerprint density at radius 3 is 2.63 bits per heavy atom. The van der Waals surface area contributed by atoms with Crippen molar-refractivity contribution >= 4 is 12.0 Å². The summed E-state index contributed by atoms with van der Waals surface area (Å²) in [5, 5.41) is 8.59. The van der Waals surface area contributed by atoms with Crippen molar-refractivity contribution in [3.8, 4) is 0 Å². The van der Waals surface area contributed by atoms with Crippen LogP contribution in [0.25, 0.3) is 0 Å². The van der Waals surface area contributed by atoms with Crippen LogP contribution in [0.15, 0.2) is 0 Å². The standard InChI is InChI=1S/C13H24N2O4/c1-10-8-15(9-13(2,3)19-10)12(18)14(4)7-5-6-11(16)17/h10H,5-9H2,1-4H3,(H,16,17). The van der Waals surface area contributed by atoms with Gasteiger partial charge in [-0.3, -0.25) is 4.79 Å². The average molecular weight is 272 g/mol. The van der Waals surface area contributed by atoms with Crippen LogP contribution in [0.2, 0.25) is 0 Å². The van der Waals surface area contributed by atoms with Gasteiger partial charge in [0, 0.05) is 26.6 Å². The molecule has 6 heteroatoms. The van der Waals surface area contributed by atoms with Gasteiger partial charge < -0.3 is 19.6 Å². The maximum atomic E-state index is 12.3. The lowest BCUT2D eigenvalue weighted by Crippen LogP contribution is -2.56. The minimum atomic E-state index is -0.832. The van der Waals surface area contributed by atoms with E-state index in [1.807, 2.05) is 20.8 Å². The summed E-state index contributed by atoms with van der Waals surface area (Å²) in [5.74, 6) is -0.832. The fraction of sp³-hybridized carbons (Fsp3) is 0.846. The summed E-state index contributed by atoms with van der Waals surface area (Å²) in [4.78, 5) is 26.1. The molecule has 0 saturated carbocycles. The highest BCUT2D eigenvalue weighted by Gasteiger charge is 2.34. The van der Waals surface area contributed by atoms with Gasteiger partial charge in [-0.15, -0.1) is 0 Å². The van der Waals surface area contributed by atoms with Crippen molar-refractivity contribution in [3.63, 3.8) is 0 Å². The maximum absolute atomic E-state index is 12.3. The van der Waals surface area contributed by atoms with Gasteiger partial charge >= 0.3 is 12.0 Å². The van der Waals surface area contributed by atoms with Crippen LogP contribution in [-0.2, 0) is 9.53 Å². The first kappa shape index (κ1) is 15.8. The predicted molar refractivity (Wildman–Crippen MR) is 71.1 cm³/mol. The Morgan fingerprint density at radius 2 is 2.11 bits per heavy atom. The fourth-order valence-electron chi connectivity index (χ4n) is 2.40. The molecule has 1 N–H and O–H groups in total. The number of hydrogen-bond donors (Lipinski definition) is 1. The van der Waals surface area contributed by atoms with E-state index in [-0.39, 0.29) is 24.2 Å². The summed E-state index contributed by atoms with van der Waals surface area (Å²) in [6, 6.07) is -0.0615. The molecule has 1 rings (SSSR count). The summed E-state index contributed by atoms with van der Waals surface area (Å²) in [6.45, 7) is 7.47. The molecule has 19 heavy (non-hydrogen) atoms. The quantitative estimate of drug-likeness (QED) is 0.840. The molecule has 2 amide bonds. The molecule has 0 aromatic heterocycles. The molecular formula is C13H24N2O4. The number of urea groups is 1. The summed E-state index contributed by atoms with van der Waals surface area (Å²) in [6.07, 6.45) is 0.573. The molecule has 1 aliphatic rings. The zero-order chi connectivity index (χ0) is 14.6. The molecule has 0 bridgehead atoms. The van der Waals surface area contributed by atoms with Crippen LogP contribution in [0.5, 0.6) is 0 Å². The number of rotatable bonds is 4. The molecular weight excluding hydrogens is 248 g/mol. The van der Waals surface area contributed by atoms with E-state index in [0.717, 1.165) is 0 Å². The van der Waals surface area contributed by atoms with Gasteiger partial charge in [0.25, 0.3) is 0 Å². The summed E-state index contributed by atoms with van der Waals surface area (Å²) in [5.41, 5.74) is -0.338. The Hall–Kier alpha value is -1.30. The zero-order valence-electron chi connectivity index (χ0n) is 12.2. The molecule has 1 saturated heterocycles. The third-order valence-corrected chi connectivity index (χ3v) is 3.05. The van der Waals surface area contributed by atoms with Gasteiger partial charge in [0.05, 0.1) is 18.2 Å². The van der Waals surface area contributed by atoms with Crippen LogP contribution in [0.3, 0.4) is 0 Å². The van der Waals surface area contributed by atoms with Gasteiger partial charge in [-0.05, 0) is 27.2 Å². The highest BCUT2D eigenvalue weighted by molar-refractivity contribution is 5.74. The van der Waals surface area contributed by atoms with Gasteiger partial charge in [-0.2, -0.15) is 0 Å². The monoisotopic (exact) mass is 272 g/mol. The first-order chi connectivity index (χ1) is 8.71. The molecule has 1 aliphatic heterocycles. The molecule has 1 atom stereocenters. The van der Waals surface area contributed by atoms with E-state index in [1.165, 1.54) is 0 Å². The second-order valence-electron chi connectivity index (χ2n) is 5.77. The highest BCUT2D eigenvalue weighted by atomic mass is 16.5. The number of carbonyl (C=O) groups is 2. The van der Waals surface area contributed by atoms with E-state index in [2.05, 4.69) is 0 Å². The third-order valence-electron chi connectivity index (χ3n) is 3.05. The molecule has 1 heterocycles. The summed E-state index contributed by atoms with van der Waals surface area (Å²) in [7, 11) is 1.71. The van der Waals surface area contributed by atoms with E-state index in [0.29, 0.717) is 26.1 Å². The minimum absolute atomic E-state index is 0.0140.